The fourth-order valence-electron chi connectivity index (χ4n) is 1.22. The Morgan fingerprint density at radius 2 is 2.12 bits per heavy atom. The smallest absolute Gasteiger partial charge is 0.162 e. The van der Waals surface area contributed by atoms with Crippen LogP contribution in [-0.2, 0) is 0 Å². The van der Waals surface area contributed by atoms with Crippen molar-refractivity contribution in [3.63, 3.8) is 0 Å². The molecular weight excluding hydrogens is 288 g/mol. The Labute approximate surface area is 108 Å². The molecule has 92 valence electrons. The summed E-state index contributed by atoms with van der Waals surface area (Å²) in [7, 11) is 0. The van der Waals surface area contributed by atoms with Crippen molar-refractivity contribution in [1.82, 2.24) is 0 Å². The van der Waals surface area contributed by atoms with Crippen molar-refractivity contribution in [2.24, 2.45) is 0 Å². The zero-order valence-electron chi connectivity index (χ0n) is 9.36. The zero-order chi connectivity index (χ0) is 12.8. The molecule has 1 rings (SSSR count). The van der Waals surface area contributed by atoms with E-state index < -0.39 is 5.97 Å². The average molecular weight is 300 g/mol. The summed E-state index contributed by atoms with van der Waals surface area (Å²) in [5, 5.41) is 10.8. The van der Waals surface area contributed by atoms with Crippen LogP contribution in [0.4, 0.5) is 0 Å². The maximum atomic E-state index is 10.8. The van der Waals surface area contributed by atoms with Gasteiger partial charge in [-0.3, -0.25) is 0 Å². The number of benzene rings is 1. The van der Waals surface area contributed by atoms with Gasteiger partial charge in [0.1, 0.15) is 6.61 Å². The summed E-state index contributed by atoms with van der Waals surface area (Å²) in [6.07, 6.45) is 1.59. The molecule has 0 aliphatic rings. The second-order valence-corrected chi connectivity index (χ2v) is 3.95. The molecule has 0 N–H and O–H groups in total. The monoisotopic (exact) mass is 299 g/mol. The Morgan fingerprint density at radius 1 is 1.47 bits per heavy atom. The van der Waals surface area contributed by atoms with Crippen LogP contribution in [0.15, 0.2) is 29.3 Å². The molecule has 0 aromatic heterocycles. The van der Waals surface area contributed by atoms with Crippen LogP contribution in [-0.4, -0.2) is 19.2 Å². The molecule has 0 atom stereocenters. The van der Waals surface area contributed by atoms with Gasteiger partial charge in [0.25, 0.3) is 0 Å². The van der Waals surface area contributed by atoms with Crippen molar-refractivity contribution in [2.45, 2.75) is 6.92 Å². The molecule has 0 spiro atoms. The van der Waals surface area contributed by atoms with Crippen LogP contribution in [0.2, 0.25) is 0 Å². The first-order valence-electron chi connectivity index (χ1n) is 5.01. The first kappa shape index (κ1) is 13.6. The van der Waals surface area contributed by atoms with Crippen molar-refractivity contribution < 1.29 is 19.4 Å². The first-order chi connectivity index (χ1) is 8.10. The number of carbonyl (C=O) groups is 1. The third-order valence-electron chi connectivity index (χ3n) is 1.91. The summed E-state index contributed by atoms with van der Waals surface area (Å²) in [6.45, 7) is 6.07. The van der Waals surface area contributed by atoms with Gasteiger partial charge >= 0.3 is 0 Å². The molecule has 1 aromatic carbocycles. The van der Waals surface area contributed by atoms with E-state index in [1.165, 1.54) is 6.07 Å². The lowest BCUT2D eigenvalue weighted by atomic mass is 10.2. The van der Waals surface area contributed by atoms with Crippen LogP contribution in [0.3, 0.4) is 0 Å². The molecule has 0 unspecified atom stereocenters. The van der Waals surface area contributed by atoms with Gasteiger partial charge in [0, 0.05) is 10.0 Å². The van der Waals surface area contributed by atoms with Gasteiger partial charge in [-0.15, -0.1) is 0 Å². The van der Waals surface area contributed by atoms with Gasteiger partial charge < -0.3 is 19.4 Å². The Kier molecular flexibility index (Phi) is 5.03. The van der Waals surface area contributed by atoms with Crippen molar-refractivity contribution in [3.05, 3.63) is 34.8 Å². The molecule has 0 aliphatic heterocycles. The average Bonchev–Trinajstić information content (AvgIpc) is 2.28. The largest absolute Gasteiger partial charge is 0.545 e. The lowest BCUT2D eigenvalue weighted by Gasteiger charge is -2.14. The molecule has 0 aliphatic carbocycles. The third kappa shape index (κ3) is 3.49. The fourth-order valence-corrected chi connectivity index (χ4v) is 1.71. The minimum Gasteiger partial charge on any atom is -0.545 e. The topological polar surface area (TPSA) is 58.6 Å². The van der Waals surface area contributed by atoms with Gasteiger partial charge in [-0.05, 0) is 35.0 Å². The quantitative estimate of drug-likeness (QED) is 0.751. The van der Waals surface area contributed by atoms with Gasteiger partial charge in [-0.25, -0.2) is 0 Å². The van der Waals surface area contributed by atoms with Gasteiger partial charge in [-0.2, -0.15) is 0 Å². The second kappa shape index (κ2) is 6.30. The standard InChI is InChI=1S/C12H13BrO4/c1-3-5-17-11-7-9(13)8(12(14)15)6-10(11)16-4-2/h3,6-7H,1,4-5H2,2H3,(H,14,15)/p-1. The number of hydrogen-bond donors (Lipinski definition) is 0. The Hall–Kier alpha value is -1.49. The Balaban J connectivity index is 3.14. The molecule has 0 fully saturated rings. The van der Waals surface area contributed by atoms with Crippen molar-refractivity contribution in [2.75, 3.05) is 13.2 Å². The fraction of sp³-hybridized carbons (Fsp3) is 0.250. The highest BCUT2D eigenvalue weighted by Gasteiger charge is 2.11. The number of rotatable bonds is 6. The number of carboxylic acid groups (broad SMARTS) is 1. The summed E-state index contributed by atoms with van der Waals surface area (Å²) in [5.74, 6) is -0.437. The van der Waals surface area contributed by atoms with Crippen molar-refractivity contribution in [1.29, 1.82) is 0 Å². The minimum absolute atomic E-state index is 0.0272. The van der Waals surface area contributed by atoms with E-state index in [0.717, 1.165) is 0 Å². The molecule has 0 bridgehead atoms. The van der Waals surface area contributed by atoms with Gasteiger partial charge in [0.2, 0.25) is 0 Å². The van der Waals surface area contributed by atoms with E-state index >= 15 is 0 Å². The lowest BCUT2D eigenvalue weighted by molar-refractivity contribution is -0.255. The van der Waals surface area contributed by atoms with E-state index in [0.29, 0.717) is 29.2 Å². The summed E-state index contributed by atoms with van der Waals surface area (Å²) < 4.78 is 11.1. The molecule has 5 heteroatoms. The molecule has 17 heavy (non-hydrogen) atoms. The van der Waals surface area contributed by atoms with Crippen LogP contribution in [0.1, 0.15) is 17.3 Å². The highest BCUT2D eigenvalue weighted by atomic mass is 79.9. The molecule has 4 nitrogen and oxygen atoms in total. The molecule has 0 heterocycles. The first-order valence-corrected chi connectivity index (χ1v) is 5.80. The zero-order valence-corrected chi connectivity index (χ0v) is 11.0. The Morgan fingerprint density at radius 3 is 2.65 bits per heavy atom. The summed E-state index contributed by atoms with van der Waals surface area (Å²) in [4.78, 5) is 10.8. The normalized spacial score (nSPS) is 9.76. The maximum absolute atomic E-state index is 10.8. The van der Waals surface area contributed by atoms with Gasteiger partial charge in [0.05, 0.1) is 12.6 Å². The molecule has 1 aromatic rings. The van der Waals surface area contributed by atoms with E-state index in [9.17, 15) is 9.90 Å². The number of aromatic carboxylic acids is 1. The van der Waals surface area contributed by atoms with E-state index in [1.807, 2.05) is 0 Å². The van der Waals surface area contributed by atoms with Crippen LogP contribution in [0.5, 0.6) is 11.5 Å². The number of hydrogen-bond acceptors (Lipinski definition) is 4. The molecule has 0 radical (unpaired) electrons. The van der Waals surface area contributed by atoms with Crippen molar-refractivity contribution >= 4 is 21.9 Å². The van der Waals surface area contributed by atoms with Crippen LogP contribution in [0.25, 0.3) is 0 Å². The van der Waals surface area contributed by atoms with E-state index in [2.05, 4.69) is 22.5 Å². The molecule has 0 saturated carbocycles. The number of halogens is 1. The van der Waals surface area contributed by atoms with Gasteiger partial charge in [0.15, 0.2) is 11.5 Å². The number of carboxylic acids is 1. The third-order valence-corrected chi connectivity index (χ3v) is 2.57. The molecule has 0 saturated heterocycles. The van der Waals surface area contributed by atoms with E-state index in [4.69, 9.17) is 9.47 Å². The predicted octanol–water partition coefficient (Wildman–Crippen LogP) is 1.78. The summed E-state index contributed by atoms with van der Waals surface area (Å²) in [6, 6.07) is 2.92. The summed E-state index contributed by atoms with van der Waals surface area (Å²) >= 11 is 3.14. The number of carbonyl (C=O) groups excluding carboxylic acids is 1. The molecule has 0 amide bonds. The van der Waals surface area contributed by atoms with Gasteiger partial charge in [-0.1, -0.05) is 12.7 Å². The highest BCUT2D eigenvalue weighted by Crippen LogP contribution is 2.33. The SMILES string of the molecule is C=CCOc1cc(Br)c(C(=O)[O-])cc1OCC. The minimum atomic E-state index is -1.27. The summed E-state index contributed by atoms with van der Waals surface area (Å²) in [5.41, 5.74) is 0.0272. The van der Waals surface area contributed by atoms with Crippen LogP contribution in [0, 0.1) is 0 Å². The van der Waals surface area contributed by atoms with E-state index in [1.54, 1.807) is 19.1 Å². The van der Waals surface area contributed by atoms with Crippen LogP contribution < -0.4 is 14.6 Å². The predicted molar refractivity (Wildman–Crippen MR) is 65.3 cm³/mol. The van der Waals surface area contributed by atoms with Crippen molar-refractivity contribution in [3.8, 4) is 11.5 Å². The lowest BCUT2D eigenvalue weighted by Crippen LogP contribution is -2.22. The Bertz CT molecular complexity index is 429. The molecular formula is C12H12BrO4-. The number of ether oxygens (including phenoxy) is 2. The maximum Gasteiger partial charge on any atom is 0.162 e. The highest BCUT2D eigenvalue weighted by molar-refractivity contribution is 9.10. The second-order valence-electron chi connectivity index (χ2n) is 3.10. The van der Waals surface area contributed by atoms with Crippen LogP contribution >= 0.6 is 15.9 Å². The van der Waals surface area contributed by atoms with E-state index in [-0.39, 0.29) is 5.56 Å².